The van der Waals surface area contributed by atoms with E-state index in [0.717, 1.165) is 17.0 Å². The Bertz CT molecular complexity index is 823. The molecule has 0 fully saturated rings. The number of benzene rings is 1. The molecule has 0 aliphatic heterocycles. The number of ether oxygens (including phenoxy) is 2. The minimum Gasteiger partial charge on any atom is -0.465 e. The molecule has 0 atom stereocenters. The lowest BCUT2D eigenvalue weighted by Gasteiger charge is -2.11. The van der Waals surface area contributed by atoms with Gasteiger partial charge in [0, 0.05) is 11.4 Å². The van der Waals surface area contributed by atoms with Crippen LogP contribution in [0.1, 0.15) is 37.7 Å². The number of aromatic nitrogens is 1. The Morgan fingerprint density at radius 3 is 2.28 bits per heavy atom. The van der Waals surface area contributed by atoms with E-state index in [-0.39, 0.29) is 29.1 Å². The monoisotopic (exact) mass is 344 g/mol. The number of aryl methyl sites for hydroxylation is 2. The van der Waals surface area contributed by atoms with Gasteiger partial charge in [0.05, 0.1) is 37.5 Å². The number of H-pyrrole nitrogens is 1. The fourth-order valence-electron chi connectivity index (χ4n) is 2.51. The van der Waals surface area contributed by atoms with Crippen LogP contribution in [-0.2, 0) is 20.7 Å². The molecule has 25 heavy (non-hydrogen) atoms. The summed E-state index contributed by atoms with van der Waals surface area (Å²) in [6.45, 7) is 3.79. The molecular weight excluding hydrogens is 324 g/mol. The number of amides is 1. The zero-order valence-corrected chi connectivity index (χ0v) is 14.6. The predicted molar refractivity (Wildman–Crippen MR) is 91.7 cm³/mol. The van der Waals surface area contributed by atoms with Gasteiger partial charge in [-0.05, 0) is 43.7 Å². The van der Waals surface area contributed by atoms with Crippen molar-refractivity contribution in [2.24, 2.45) is 0 Å². The minimum atomic E-state index is -0.611. The van der Waals surface area contributed by atoms with Gasteiger partial charge in [0.1, 0.15) is 0 Å². The van der Waals surface area contributed by atoms with E-state index in [1.165, 1.54) is 32.4 Å². The van der Waals surface area contributed by atoms with Gasteiger partial charge >= 0.3 is 11.9 Å². The van der Waals surface area contributed by atoms with Crippen LogP contribution in [-0.4, -0.2) is 37.0 Å². The number of aromatic amines is 1. The first kappa shape index (κ1) is 18.3. The highest BCUT2D eigenvalue weighted by atomic mass is 16.5. The Morgan fingerprint density at radius 1 is 1.04 bits per heavy atom. The van der Waals surface area contributed by atoms with E-state index >= 15 is 0 Å². The molecular formula is C18H20N2O5. The van der Waals surface area contributed by atoms with Crippen molar-refractivity contribution < 1.29 is 23.9 Å². The van der Waals surface area contributed by atoms with Gasteiger partial charge in [-0.15, -0.1) is 0 Å². The molecule has 2 rings (SSSR count). The second-order valence-corrected chi connectivity index (χ2v) is 5.57. The molecule has 0 radical (unpaired) electrons. The average molecular weight is 344 g/mol. The zero-order valence-electron chi connectivity index (χ0n) is 14.6. The summed E-state index contributed by atoms with van der Waals surface area (Å²) in [7, 11) is 2.50. The Hall–Kier alpha value is -3.09. The third-order valence-electron chi connectivity index (χ3n) is 3.73. The molecule has 132 valence electrons. The molecule has 0 saturated heterocycles. The normalized spacial score (nSPS) is 10.2. The SMILES string of the molecule is COC(=O)c1ccc(C(=O)OC)c(NC(=O)Cc2cc(C)[nH]c2C)c1. The summed E-state index contributed by atoms with van der Waals surface area (Å²) >= 11 is 0. The highest BCUT2D eigenvalue weighted by molar-refractivity contribution is 6.03. The molecule has 0 saturated carbocycles. The standard InChI is InChI=1S/C18H20N2O5/c1-10-7-13(11(2)19-10)9-16(21)20-15-8-12(17(22)24-3)5-6-14(15)18(23)25-4/h5-8,19H,9H2,1-4H3,(H,20,21). The topological polar surface area (TPSA) is 97.5 Å². The molecule has 0 aliphatic carbocycles. The van der Waals surface area contributed by atoms with Crippen LogP contribution in [0.5, 0.6) is 0 Å². The molecule has 1 aromatic carbocycles. The minimum absolute atomic E-state index is 0.138. The summed E-state index contributed by atoms with van der Waals surface area (Å²) in [5.41, 5.74) is 3.31. The summed E-state index contributed by atoms with van der Waals surface area (Å²) in [4.78, 5) is 39.1. The number of hydrogen-bond acceptors (Lipinski definition) is 5. The fraction of sp³-hybridized carbons (Fsp3) is 0.278. The number of carbonyl (C=O) groups excluding carboxylic acids is 3. The van der Waals surface area contributed by atoms with Crippen molar-refractivity contribution in [2.75, 3.05) is 19.5 Å². The maximum Gasteiger partial charge on any atom is 0.339 e. The first-order valence-corrected chi connectivity index (χ1v) is 7.61. The van der Waals surface area contributed by atoms with Crippen LogP contribution in [0, 0.1) is 13.8 Å². The Kier molecular flexibility index (Phi) is 5.59. The van der Waals surface area contributed by atoms with Crippen molar-refractivity contribution >= 4 is 23.5 Å². The molecule has 0 aliphatic rings. The molecule has 0 bridgehead atoms. The van der Waals surface area contributed by atoms with Crippen molar-refractivity contribution in [2.45, 2.75) is 20.3 Å². The summed E-state index contributed by atoms with van der Waals surface area (Å²) in [5.74, 6) is -1.49. The molecule has 1 heterocycles. The second kappa shape index (κ2) is 7.65. The Balaban J connectivity index is 2.28. The Morgan fingerprint density at radius 2 is 1.72 bits per heavy atom. The fourth-order valence-corrected chi connectivity index (χ4v) is 2.51. The predicted octanol–water partition coefficient (Wildman–Crippen LogP) is 2.39. The molecule has 7 heteroatoms. The number of nitrogens with one attached hydrogen (secondary N) is 2. The van der Waals surface area contributed by atoms with Crippen LogP contribution in [0.25, 0.3) is 0 Å². The van der Waals surface area contributed by atoms with Crippen molar-refractivity contribution in [3.8, 4) is 0 Å². The van der Waals surface area contributed by atoms with Gasteiger partial charge in [0.2, 0.25) is 5.91 Å². The van der Waals surface area contributed by atoms with E-state index < -0.39 is 11.9 Å². The number of rotatable bonds is 5. The lowest BCUT2D eigenvalue weighted by atomic mass is 10.1. The molecule has 1 aromatic heterocycles. The summed E-state index contributed by atoms with van der Waals surface area (Å²) < 4.78 is 9.38. The van der Waals surface area contributed by atoms with E-state index in [1.807, 2.05) is 19.9 Å². The first-order valence-electron chi connectivity index (χ1n) is 7.61. The van der Waals surface area contributed by atoms with Crippen LogP contribution in [0.4, 0.5) is 5.69 Å². The smallest absolute Gasteiger partial charge is 0.339 e. The third kappa shape index (κ3) is 4.26. The van der Waals surface area contributed by atoms with Gasteiger partial charge in [-0.25, -0.2) is 9.59 Å². The van der Waals surface area contributed by atoms with Crippen molar-refractivity contribution in [1.82, 2.24) is 4.98 Å². The lowest BCUT2D eigenvalue weighted by molar-refractivity contribution is -0.115. The average Bonchev–Trinajstić information content (AvgIpc) is 2.90. The largest absolute Gasteiger partial charge is 0.465 e. The molecule has 2 aromatic rings. The van der Waals surface area contributed by atoms with Crippen molar-refractivity contribution in [1.29, 1.82) is 0 Å². The van der Waals surface area contributed by atoms with Crippen LogP contribution < -0.4 is 5.32 Å². The molecule has 0 spiro atoms. The molecule has 7 nitrogen and oxygen atoms in total. The van der Waals surface area contributed by atoms with Crippen molar-refractivity contribution in [3.63, 3.8) is 0 Å². The zero-order chi connectivity index (χ0) is 18.6. The quantitative estimate of drug-likeness (QED) is 0.812. The third-order valence-corrected chi connectivity index (χ3v) is 3.73. The van der Waals surface area contributed by atoms with Gasteiger partial charge in [-0.1, -0.05) is 0 Å². The molecule has 1 amide bonds. The van der Waals surface area contributed by atoms with E-state index in [2.05, 4.69) is 15.0 Å². The van der Waals surface area contributed by atoms with Gasteiger partial charge in [-0.3, -0.25) is 4.79 Å². The number of methoxy groups -OCH3 is 2. The van der Waals surface area contributed by atoms with Gasteiger partial charge in [0.25, 0.3) is 0 Å². The maximum atomic E-state index is 12.4. The Labute approximate surface area is 145 Å². The summed E-state index contributed by atoms with van der Waals surface area (Å²) in [6, 6.07) is 6.14. The number of anilines is 1. The lowest BCUT2D eigenvalue weighted by Crippen LogP contribution is -2.18. The van der Waals surface area contributed by atoms with E-state index in [9.17, 15) is 14.4 Å². The van der Waals surface area contributed by atoms with Crippen molar-refractivity contribution in [3.05, 3.63) is 52.3 Å². The maximum absolute atomic E-state index is 12.4. The molecule has 2 N–H and O–H groups in total. The van der Waals surface area contributed by atoms with Gasteiger partial charge in [-0.2, -0.15) is 0 Å². The van der Waals surface area contributed by atoms with Crippen LogP contribution >= 0.6 is 0 Å². The van der Waals surface area contributed by atoms with E-state index in [0.29, 0.717) is 0 Å². The first-order chi connectivity index (χ1) is 11.8. The van der Waals surface area contributed by atoms with Gasteiger partial charge in [0.15, 0.2) is 0 Å². The van der Waals surface area contributed by atoms with E-state index in [1.54, 1.807) is 0 Å². The highest BCUT2D eigenvalue weighted by Crippen LogP contribution is 2.20. The number of esters is 2. The van der Waals surface area contributed by atoms with E-state index in [4.69, 9.17) is 4.74 Å². The number of carbonyl (C=O) groups is 3. The van der Waals surface area contributed by atoms with Gasteiger partial charge < -0.3 is 19.8 Å². The summed E-state index contributed by atoms with van der Waals surface area (Å²) in [6.07, 6.45) is 0.138. The van der Waals surface area contributed by atoms with Crippen LogP contribution in [0.15, 0.2) is 24.3 Å². The summed E-state index contributed by atoms with van der Waals surface area (Å²) in [5, 5.41) is 2.67. The second-order valence-electron chi connectivity index (χ2n) is 5.57. The number of hydrogen-bond donors (Lipinski definition) is 2. The highest BCUT2D eigenvalue weighted by Gasteiger charge is 2.18. The molecule has 0 unspecified atom stereocenters. The van der Waals surface area contributed by atoms with Crippen LogP contribution in [0.3, 0.4) is 0 Å². The van der Waals surface area contributed by atoms with Crippen LogP contribution in [0.2, 0.25) is 0 Å².